The second-order valence-electron chi connectivity index (χ2n) is 4.12. The van der Waals surface area contributed by atoms with E-state index in [2.05, 4.69) is 0 Å². The van der Waals surface area contributed by atoms with Crippen LogP contribution < -0.4 is 0 Å². The van der Waals surface area contributed by atoms with Crippen LogP contribution in [0.15, 0.2) is 30.3 Å². The zero-order valence-corrected chi connectivity index (χ0v) is 9.95. The molecule has 0 fully saturated rings. The van der Waals surface area contributed by atoms with Crippen molar-refractivity contribution in [2.45, 2.75) is 6.92 Å². The second-order valence-corrected chi connectivity index (χ2v) is 4.12. The van der Waals surface area contributed by atoms with Gasteiger partial charge >= 0.3 is 5.97 Å². The predicted molar refractivity (Wildman–Crippen MR) is 65.2 cm³/mol. The Bertz CT molecular complexity index is 666. The quantitative estimate of drug-likeness (QED) is 0.874. The normalized spacial score (nSPS) is 10.5. The van der Waals surface area contributed by atoms with E-state index in [0.29, 0.717) is 0 Å². The molecule has 2 aromatic rings. The molecule has 0 unspecified atom stereocenters. The van der Waals surface area contributed by atoms with Gasteiger partial charge in [0.1, 0.15) is 17.4 Å². The Balaban J connectivity index is 2.59. The van der Waals surface area contributed by atoms with Crippen LogP contribution in [0.1, 0.15) is 15.9 Å². The van der Waals surface area contributed by atoms with Gasteiger partial charge in [-0.3, -0.25) is 0 Å². The molecule has 19 heavy (non-hydrogen) atoms. The number of benzene rings is 2. The lowest BCUT2D eigenvalue weighted by molar-refractivity contribution is 0.0696. The molecule has 0 aliphatic carbocycles. The zero-order valence-electron chi connectivity index (χ0n) is 9.95. The number of carboxylic acid groups (broad SMARTS) is 1. The van der Waals surface area contributed by atoms with Crippen molar-refractivity contribution in [2.75, 3.05) is 0 Å². The van der Waals surface area contributed by atoms with Gasteiger partial charge in [-0.15, -0.1) is 0 Å². The molecule has 3 nitrogen and oxygen atoms in total. The standard InChI is InChI=1S/C14H10F2O3/c1-7-4-10(12(16)6-11(7)15)9-3-2-8(14(18)19)5-13(9)17/h2-6,17H,1H3,(H,18,19). The van der Waals surface area contributed by atoms with E-state index in [4.69, 9.17) is 5.11 Å². The Hall–Kier alpha value is -2.43. The number of phenols is 1. The summed E-state index contributed by atoms with van der Waals surface area (Å²) in [5.41, 5.74) is 0.262. The summed E-state index contributed by atoms with van der Waals surface area (Å²) >= 11 is 0. The van der Waals surface area contributed by atoms with Crippen LogP contribution in [-0.2, 0) is 0 Å². The number of hydrogen-bond donors (Lipinski definition) is 2. The highest BCUT2D eigenvalue weighted by Crippen LogP contribution is 2.33. The van der Waals surface area contributed by atoms with Gasteiger partial charge in [-0.1, -0.05) is 0 Å². The number of aryl methyl sites for hydroxylation is 1. The minimum Gasteiger partial charge on any atom is -0.507 e. The number of aromatic hydroxyl groups is 1. The highest BCUT2D eigenvalue weighted by Gasteiger charge is 2.14. The van der Waals surface area contributed by atoms with E-state index in [-0.39, 0.29) is 28.0 Å². The molecule has 5 heteroatoms. The zero-order chi connectivity index (χ0) is 14.2. The summed E-state index contributed by atoms with van der Waals surface area (Å²) in [6.07, 6.45) is 0. The third kappa shape index (κ3) is 2.40. The van der Waals surface area contributed by atoms with Crippen LogP contribution >= 0.6 is 0 Å². The van der Waals surface area contributed by atoms with Gasteiger partial charge in [-0.25, -0.2) is 13.6 Å². The van der Waals surface area contributed by atoms with Gasteiger partial charge < -0.3 is 10.2 Å². The highest BCUT2D eigenvalue weighted by atomic mass is 19.1. The fourth-order valence-corrected chi connectivity index (χ4v) is 1.76. The average Bonchev–Trinajstić information content (AvgIpc) is 2.34. The molecular formula is C14H10F2O3. The van der Waals surface area contributed by atoms with E-state index in [0.717, 1.165) is 12.1 Å². The Morgan fingerprint density at radius 1 is 1.05 bits per heavy atom. The molecule has 2 N–H and O–H groups in total. The third-order valence-electron chi connectivity index (χ3n) is 2.78. The molecule has 0 saturated carbocycles. The number of halogens is 2. The van der Waals surface area contributed by atoms with Gasteiger partial charge in [0.15, 0.2) is 0 Å². The van der Waals surface area contributed by atoms with Crippen molar-refractivity contribution in [2.24, 2.45) is 0 Å². The largest absolute Gasteiger partial charge is 0.507 e. The summed E-state index contributed by atoms with van der Waals surface area (Å²) in [4.78, 5) is 10.7. The van der Waals surface area contributed by atoms with Gasteiger partial charge in [0.05, 0.1) is 5.56 Å². The van der Waals surface area contributed by atoms with Crippen LogP contribution in [0.2, 0.25) is 0 Å². The van der Waals surface area contributed by atoms with Crippen molar-refractivity contribution in [1.29, 1.82) is 0 Å². The summed E-state index contributed by atoms with van der Waals surface area (Å²) in [7, 11) is 0. The fraction of sp³-hybridized carbons (Fsp3) is 0.0714. The summed E-state index contributed by atoms with van der Waals surface area (Å²) in [6.45, 7) is 1.47. The topological polar surface area (TPSA) is 57.5 Å². The van der Waals surface area contributed by atoms with Crippen LogP contribution in [-0.4, -0.2) is 16.2 Å². The smallest absolute Gasteiger partial charge is 0.335 e. The summed E-state index contributed by atoms with van der Waals surface area (Å²) in [5, 5.41) is 18.5. The predicted octanol–water partition coefficient (Wildman–Crippen LogP) is 3.34. The van der Waals surface area contributed by atoms with Crippen molar-refractivity contribution < 1.29 is 23.8 Å². The van der Waals surface area contributed by atoms with E-state index < -0.39 is 17.6 Å². The summed E-state index contributed by atoms with van der Waals surface area (Å²) in [5.74, 6) is -3.06. The maximum Gasteiger partial charge on any atom is 0.335 e. The monoisotopic (exact) mass is 264 g/mol. The number of hydrogen-bond acceptors (Lipinski definition) is 2. The number of rotatable bonds is 2. The number of carbonyl (C=O) groups is 1. The molecule has 0 amide bonds. The molecule has 0 spiro atoms. The molecule has 0 aromatic heterocycles. The number of carboxylic acids is 1. The lowest BCUT2D eigenvalue weighted by Gasteiger charge is -2.08. The first-order valence-electron chi connectivity index (χ1n) is 5.42. The summed E-state index contributed by atoms with van der Waals surface area (Å²) < 4.78 is 26.9. The lowest BCUT2D eigenvalue weighted by Crippen LogP contribution is -1.96. The highest BCUT2D eigenvalue weighted by molar-refractivity contribution is 5.89. The van der Waals surface area contributed by atoms with Crippen LogP contribution in [0.4, 0.5) is 8.78 Å². The van der Waals surface area contributed by atoms with Gasteiger partial charge in [0.2, 0.25) is 0 Å². The first kappa shape index (κ1) is 13.0. The van der Waals surface area contributed by atoms with E-state index in [9.17, 15) is 18.7 Å². The van der Waals surface area contributed by atoms with Gasteiger partial charge in [-0.05, 0) is 36.8 Å². The molecule has 0 heterocycles. The average molecular weight is 264 g/mol. The van der Waals surface area contributed by atoms with Crippen LogP contribution in [0, 0.1) is 18.6 Å². The minimum absolute atomic E-state index is 0.0216. The van der Waals surface area contributed by atoms with Crippen molar-refractivity contribution in [3.05, 3.63) is 53.1 Å². The molecule has 0 atom stereocenters. The maximum absolute atomic E-state index is 13.7. The number of aromatic carboxylic acids is 1. The van der Waals surface area contributed by atoms with E-state index in [1.54, 1.807) is 0 Å². The Kier molecular flexibility index (Phi) is 3.21. The van der Waals surface area contributed by atoms with Crippen molar-refractivity contribution in [3.63, 3.8) is 0 Å². The van der Waals surface area contributed by atoms with Crippen LogP contribution in [0.5, 0.6) is 5.75 Å². The Morgan fingerprint density at radius 3 is 2.32 bits per heavy atom. The van der Waals surface area contributed by atoms with Crippen molar-refractivity contribution in [1.82, 2.24) is 0 Å². The third-order valence-corrected chi connectivity index (χ3v) is 2.78. The fourth-order valence-electron chi connectivity index (χ4n) is 1.76. The molecule has 0 aliphatic heterocycles. The maximum atomic E-state index is 13.7. The van der Waals surface area contributed by atoms with E-state index in [1.165, 1.54) is 25.1 Å². The van der Waals surface area contributed by atoms with E-state index in [1.807, 2.05) is 0 Å². The first-order chi connectivity index (χ1) is 8.90. The molecular weight excluding hydrogens is 254 g/mol. The van der Waals surface area contributed by atoms with E-state index >= 15 is 0 Å². The van der Waals surface area contributed by atoms with Gasteiger partial charge in [0, 0.05) is 17.2 Å². The van der Waals surface area contributed by atoms with Crippen molar-refractivity contribution >= 4 is 5.97 Å². The molecule has 0 aliphatic rings. The molecule has 98 valence electrons. The Labute approximate surface area is 107 Å². The molecule has 0 saturated heterocycles. The molecule has 2 aromatic carbocycles. The molecule has 2 rings (SSSR count). The molecule has 0 bridgehead atoms. The van der Waals surface area contributed by atoms with Crippen LogP contribution in [0.25, 0.3) is 11.1 Å². The number of phenolic OH excluding ortho intramolecular Hbond substituents is 1. The lowest BCUT2D eigenvalue weighted by atomic mass is 10.00. The second kappa shape index (κ2) is 4.68. The molecule has 0 radical (unpaired) electrons. The summed E-state index contributed by atoms with van der Waals surface area (Å²) in [6, 6.07) is 5.55. The first-order valence-corrected chi connectivity index (χ1v) is 5.42. The van der Waals surface area contributed by atoms with Gasteiger partial charge in [0.25, 0.3) is 0 Å². The van der Waals surface area contributed by atoms with Crippen LogP contribution in [0.3, 0.4) is 0 Å². The Morgan fingerprint density at radius 2 is 1.74 bits per heavy atom. The minimum atomic E-state index is -1.20. The van der Waals surface area contributed by atoms with Gasteiger partial charge in [-0.2, -0.15) is 0 Å². The van der Waals surface area contributed by atoms with Crippen molar-refractivity contribution in [3.8, 4) is 16.9 Å². The SMILES string of the molecule is Cc1cc(-c2ccc(C(=O)O)cc2O)c(F)cc1F.